The average molecular weight is 339 g/mol. The summed E-state index contributed by atoms with van der Waals surface area (Å²) < 4.78 is 0. The van der Waals surface area contributed by atoms with Crippen molar-refractivity contribution in [3.8, 4) is 0 Å². The topological polar surface area (TPSA) is 72.9 Å². The van der Waals surface area contributed by atoms with Crippen LogP contribution in [0.1, 0.15) is 52.4 Å². The lowest BCUT2D eigenvalue weighted by atomic mass is 9.79. The smallest absolute Gasteiger partial charge is 0.317 e. The predicted molar refractivity (Wildman–Crippen MR) is 94.0 cm³/mol. The van der Waals surface area contributed by atoms with Crippen molar-refractivity contribution in [1.82, 2.24) is 15.1 Å². The highest BCUT2D eigenvalue weighted by Crippen LogP contribution is 2.29. The predicted octanol–water partition coefficient (Wildman–Crippen LogP) is 2.39. The van der Waals surface area contributed by atoms with E-state index in [0.717, 1.165) is 25.8 Å². The number of carbonyl (C=O) groups is 2. The van der Waals surface area contributed by atoms with Gasteiger partial charge in [-0.15, -0.1) is 0 Å². The molecule has 0 aromatic carbocycles. The van der Waals surface area contributed by atoms with Crippen LogP contribution >= 0.6 is 0 Å². The number of nitrogens with zero attached hydrogens (tertiary/aromatic N) is 2. The fraction of sp³-hybridized carbons (Fsp3) is 0.889. The number of carboxylic acids is 1. The van der Waals surface area contributed by atoms with Crippen LogP contribution in [-0.2, 0) is 4.79 Å². The van der Waals surface area contributed by atoms with Crippen molar-refractivity contribution in [2.75, 3.05) is 26.7 Å². The summed E-state index contributed by atoms with van der Waals surface area (Å²) in [6.45, 7) is 6.00. The molecule has 138 valence electrons. The minimum absolute atomic E-state index is 0.0575. The molecule has 0 spiro atoms. The van der Waals surface area contributed by atoms with Gasteiger partial charge in [-0.05, 0) is 51.0 Å². The number of rotatable bonds is 4. The van der Waals surface area contributed by atoms with Crippen molar-refractivity contribution in [3.63, 3.8) is 0 Å². The lowest BCUT2D eigenvalue weighted by Crippen LogP contribution is -2.51. The number of hydrogen-bond donors (Lipinski definition) is 2. The van der Waals surface area contributed by atoms with Crippen LogP contribution < -0.4 is 5.32 Å². The second-order valence-corrected chi connectivity index (χ2v) is 7.74. The van der Waals surface area contributed by atoms with Crippen molar-refractivity contribution in [1.29, 1.82) is 0 Å². The van der Waals surface area contributed by atoms with Gasteiger partial charge in [0.05, 0.1) is 6.54 Å². The number of likely N-dealkylation sites (N-methyl/N-ethyl adjacent to an activating group) is 1. The van der Waals surface area contributed by atoms with Crippen LogP contribution in [0, 0.1) is 11.8 Å². The van der Waals surface area contributed by atoms with Crippen molar-refractivity contribution >= 4 is 12.0 Å². The molecule has 0 bridgehead atoms. The summed E-state index contributed by atoms with van der Waals surface area (Å²) in [5.41, 5.74) is 0. The number of carboxylic acid groups (broad SMARTS) is 1. The Balaban J connectivity index is 1.86. The average Bonchev–Trinajstić information content (AvgIpc) is 2.76. The Morgan fingerprint density at radius 2 is 1.75 bits per heavy atom. The summed E-state index contributed by atoms with van der Waals surface area (Å²) in [7, 11) is 1.86. The Labute approximate surface area is 145 Å². The quantitative estimate of drug-likeness (QED) is 0.825. The van der Waals surface area contributed by atoms with E-state index >= 15 is 0 Å². The maximum atomic E-state index is 12.7. The normalized spacial score (nSPS) is 31.6. The zero-order chi connectivity index (χ0) is 17.7. The molecule has 3 unspecified atom stereocenters. The van der Waals surface area contributed by atoms with Crippen molar-refractivity contribution in [2.45, 2.75) is 64.5 Å². The Hall–Kier alpha value is -1.30. The molecule has 2 aliphatic rings. The molecule has 0 aromatic heterocycles. The van der Waals surface area contributed by atoms with Crippen LogP contribution in [0.5, 0.6) is 0 Å². The standard InChI is InChI=1S/C18H33N3O3/c1-13-6-4-7-14(2)17(13)19-18(24)21-10-5-8-15(9-11-21)20(3)12-16(22)23/h13-15,17H,4-12H2,1-3H3,(H,19,24)(H,22,23). The number of aliphatic carboxylic acids is 1. The number of hydrogen-bond acceptors (Lipinski definition) is 3. The monoisotopic (exact) mass is 339 g/mol. The summed E-state index contributed by atoms with van der Waals surface area (Å²) in [5.74, 6) is 0.287. The number of amides is 2. The highest BCUT2D eigenvalue weighted by atomic mass is 16.4. The summed E-state index contributed by atoms with van der Waals surface area (Å²) in [5, 5.41) is 12.2. The third-order valence-electron chi connectivity index (χ3n) is 5.83. The molecular weight excluding hydrogens is 306 g/mol. The minimum Gasteiger partial charge on any atom is -0.480 e. The van der Waals surface area contributed by atoms with E-state index in [1.54, 1.807) is 0 Å². The molecule has 2 N–H and O–H groups in total. The van der Waals surface area contributed by atoms with Crippen molar-refractivity contribution in [2.24, 2.45) is 11.8 Å². The van der Waals surface area contributed by atoms with Gasteiger partial charge in [0.1, 0.15) is 0 Å². The second kappa shape index (κ2) is 8.70. The van der Waals surface area contributed by atoms with Crippen LogP contribution in [0.25, 0.3) is 0 Å². The Morgan fingerprint density at radius 3 is 2.38 bits per heavy atom. The van der Waals surface area contributed by atoms with Gasteiger partial charge in [0.15, 0.2) is 0 Å². The molecule has 6 nitrogen and oxygen atoms in total. The van der Waals surface area contributed by atoms with Crippen LogP contribution in [0.3, 0.4) is 0 Å². The van der Waals surface area contributed by atoms with Crippen LogP contribution in [-0.4, -0.2) is 65.7 Å². The van der Waals surface area contributed by atoms with E-state index < -0.39 is 5.97 Å². The van der Waals surface area contributed by atoms with Gasteiger partial charge in [0.2, 0.25) is 0 Å². The van der Waals surface area contributed by atoms with Crippen LogP contribution in [0.4, 0.5) is 4.79 Å². The summed E-state index contributed by atoms with van der Waals surface area (Å²) >= 11 is 0. The van der Waals surface area contributed by atoms with Gasteiger partial charge >= 0.3 is 12.0 Å². The van der Waals surface area contributed by atoms with Crippen LogP contribution in [0.2, 0.25) is 0 Å². The first kappa shape index (κ1) is 19.0. The van der Waals surface area contributed by atoms with Gasteiger partial charge in [-0.1, -0.05) is 20.3 Å². The van der Waals surface area contributed by atoms with E-state index in [9.17, 15) is 9.59 Å². The van der Waals surface area contributed by atoms with E-state index in [1.807, 2.05) is 16.8 Å². The molecular formula is C18H33N3O3. The third kappa shape index (κ3) is 5.10. The molecule has 1 heterocycles. The summed E-state index contributed by atoms with van der Waals surface area (Å²) in [6, 6.07) is 0.577. The lowest BCUT2D eigenvalue weighted by Gasteiger charge is -2.36. The molecule has 2 fully saturated rings. The first-order valence-corrected chi connectivity index (χ1v) is 9.36. The number of urea groups is 1. The second-order valence-electron chi connectivity index (χ2n) is 7.74. The zero-order valence-corrected chi connectivity index (χ0v) is 15.3. The SMILES string of the molecule is CC1CCCC(C)C1NC(=O)N1CCCC(N(C)CC(=O)O)CC1. The number of likely N-dealkylation sites (tertiary alicyclic amines) is 1. The number of carbonyl (C=O) groups excluding carboxylic acids is 1. The molecule has 1 aliphatic heterocycles. The maximum absolute atomic E-state index is 12.7. The van der Waals surface area contributed by atoms with Crippen molar-refractivity contribution in [3.05, 3.63) is 0 Å². The van der Waals surface area contributed by atoms with Gasteiger partial charge in [-0.3, -0.25) is 9.69 Å². The van der Waals surface area contributed by atoms with E-state index in [2.05, 4.69) is 19.2 Å². The molecule has 1 saturated carbocycles. The Bertz CT molecular complexity index is 433. The van der Waals surface area contributed by atoms with Crippen molar-refractivity contribution < 1.29 is 14.7 Å². The lowest BCUT2D eigenvalue weighted by molar-refractivity contribution is -0.138. The molecule has 0 radical (unpaired) electrons. The highest BCUT2D eigenvalue weighted by molar-refractivity contribution is 5.74. The highest BCUT2D eigenvalue weighted by Gasteiger charge is 2.31. The zero-order valence-electron chi connectivity index (χ0n) is 15.3. The van der Waals surface area contributed by atoms with E-state index in [-0.39, 0.29) is 24.7 Å². The van der Waals surface area contributed by atoms with Gasteiger partial charge in [0.25, 0.3) is 0 Å². The molecule has 6 heteroatoms. The first-order valence-electron chi connectivity index (χ1n) is 9.36. The number of nitrogens with one attached hydrogen (secondary N) is 1. The molecule has 0 aromatic rings. The Kier molecular flexibility index (Phi) is 6.90. The molecule has 1 saturated heterocycles. The minimum atomic E-state index is -0.795. The van der Waals surface area contributed by atoms with Gasteiger partial charge < -0.3 is 15.3 Å². The van der Waals surface area contributed by atoms with E-state index in [4.69, 9.17) is 5.11 Å². The molecule has 24 heavy (non-hydrogen) atoms. The molecule has 3 atom stereocenters. The fourth-order valence-corrected chi connectivity index (χ4v) is 4.27. The van der Waals surface area contributed by atoms with Gasteiger partial charge in [-0.25, -0.2) is 4.79 Å². The largest absolute Gasteiger partial charge is 0.480 e. The van der Waals surface area contributed by atoms with Gasteiger partial charge in [-0.2, -0.15) is 0 Å². The van der Waals surface area contributed by atoms with Gasteiger partial charge in [0, 0.05) is 25.2 Å². The maximum Gasteiger partial charge on any atom is 0.317 e. The molecule has 2 amide bonds. The summed E-state index contributed by atoms with van der Waals surface area (Å²) in [4.78, 5) is 27.4. The van der Waals surface area contributed by atoms with E-state index in [0.29, 0.717) is 18.4 Å². The molecule has 1 aliphatic carbocycles. The van der Waals surface area contributed by atoms with Crippen LogP contribution in [0.15, 0.2) is 0 Å². The fourth-order valence-electron chi connectivity index (χ4n) is 4.27. The summed E-state index contributed by atoms with van der Waals surface area (Å²) in [6.07, 6.45) is 6.36. The Morgan fingerprint density at radius 1 is 1.08 bits per heavy atom. The third-order valence-corrected chi connectivity index (χ3v) is 5.83. The molecule has 2 rings (SSSR count). The van der Waals surface area contributed by atoms with E-state index in [1.165, 1.54) is 19.3 Å². The first-order chi connectivity index (χ1) is 11.4.